The molecule has 5 nitrogen and oxygen atoms in total. The highest BCUT2D eigenvalue weighted by atomic mass is 32.2. The third kappa shape index (κ3) is 3.13. The van der Waals surface area contributed by atoms with Crippen molar-refractivity contribution in [2.24, 2.45) is 0 Å². The summed E-state index contributed by atoms with van der Waals surface area (Å²) in [5, 5.41) is 2.91. The first-order valence-electron chi connectivity index (χ1n) is 6.40. The SMILES string of the molecule is CCNc1ncccc1S(=O)(=O)N(C)c1cccc(F)c1. The number of aromatic nitrogens is 1. The molecule has 1 N–H and O–H groups in total. The lowest BCUT2D eigenvalue weighted by Crippen LogP contribution is -2.27. The molecule has 0 atom stereocenters. The molecular formula is C14H16FN3O2S. The van der Waals surface area contributed by atoms with Crippen LogP contribution in [0.5, 0.6) is 0 Å². The Hall–Kier alpha value is -2.15. The molecule has 2 rings (SSSR count). The van der Waals surface area contributed by atoms with Gasteiger partial charge in [-0.3, -0.25) is 4.31 Å². The van der Waals surface area contributed by atoms with E-state index >= 15 is 0 Å². The third-order valence-corrected chi connectivity index (χ3v) is 4.74. The maximum absolute atomic E-state index is 13.3. The van der Waals surface area contributed by atoms with Gasteiger partial charge in [-0.25, -0.2) is 17.8 Å². The fourth-order valence-corrected chi connectivity index (χ4v) is 3.16. The Labute approximate surface area is 123 Å². The molecule has 0 unspecified atom stereocenters. The molecule has 0 spiro atoms. The largest absolute Gasteiger partial charge is 0.369 e. The Kier molecular flexibility index (Phi) is 4.42. The molecule has 1 aromatic heterocycles. The highest BCUT2D eigenvalue weighted by Gasteiger charge is 2.25. The van der Waals surface area contributed by atoms with E-state index in [9.17, 15) is 12.8 Å². The molecule has 1 heterocycles. The molecule has 0 aliphatic rings. The highest BCUT2D eigenvalue weighted by Crippen LogP contribution is 2.26. The summed E-state index contributed by atoms with van der Waals surface area (Å²) in [6, 6.07) is 8.44. The zero-order valence-electron chi connectivity index (χ0n) is 11.7. The monoisotopic (exact) mass is 309 g/mol. The van der Waals surface area contributed by atoms with Crippen LogP contribution in [0.1, 0.15) is 6.92 Å². The smallest absolute Gasteiger partial charge is 0.267 e. The lowest BCUT2D eigenvalue weighted by molar-refractivity contribution is 0.594. The fourth-order valence-electron chi connectivity index (χ4n) is 1.86. The van der Waals surface area contributed by atoms with Gasteiger partial charge in [-0.15, -0.1) is 0 Å². The molecule has 1 aromatic carbocycles. The molecule has 0 fully saturated rings. The van der Waals surface area contributed by atoms with Crippen LogP contribution in [-0.2, 0) is 10.0 Å². The first-order valence-corrected chi connectivity index (χ1v) is 7.84. The minimum atomic E-state index is -3.82. The second-order valence-corrected chi connectivity index (χ2v) is 6.27. The van der Waals surface area contributed by atoms with Crippen molar-refractivity contribution in [2.75, 3.05) is 23.2 Å². The Balaban J connectivity index is 2.47. The normalized spacial score (nSPS) is 11.2. The van der Waals surface area contributed by atoms with Crippen molar-refractivity contribution in [3.05, 3.63) is 48.4 Å². The maximum atomic E-state index is 13.3. The summed E-state index contributed by atoms with van der Waals surface area (Å²) in [4.78, 5) is 4.09. The van der Waals surface area contributed by atoms with E-state index in [0.29, 0.717) is 6.54 Å². The van der Waals surface area contributed by atoms with Gasteiger partial charge in [0.2, 0.25) is 0 Å². The number of rotatable bonds is 5. The van der Waals surface area contributed by atoms with Gasteiger partial charge in [-0.05, 0) is 37.3 Å². The molecule has 2 aromatic rings. The van der Waals surface area contributed by atoms with E-state index in [1.54, 1.807) is 6.07 Å². The van der Waals surface area contributed by atoms with Crippen molar-refractivity contribution < 1.29 is 12.8 Å². The highest BCUT2D eigenvalue weighted by molar-refractivity contribution is 7.93. The predicted molar refractivity (Wildman–Crippen MR) is 80.4 cm³/mol. The van der Waals surface area contributed by atoms with Crippen molar-refractivity contribution in [1.29, 1.82) is 0 Å². The van der Waals surface area contributed by atoms with Crippen LogP contribution in [0.25, 0.3) is 0 Å². The van der Waals surface area contributed by atoms with Gasteiger partial charge in [0.15, 0.2) is 0 Å². The van der Waals surface area contributed by atoms with Crippen LogP contribution in [0.3, 0.4) is 0 Å². The lowest BCUT2D eigenvalue weighted by atomic mass is 10.3. The van der Waals surface area contributed by atoms with E-state index in [1.807, 2.05) is 6.92 Å². The van der Waals surface area contributed by atoms with Gasteiger partial charge in [0, 0.05) is 19.8 Å². The zero-order valence-corrected chi connectivity index (χ0v) is 12.6. The van der Waals surface area contributed by atoms with Crippen LogP contribution in [0.15, 0.2) is 47.5 Å². The number of hydrogen-bond acceptors (Lipinski definition) is 4. The molecule has 112 valence electrons. The van der Waals surface area contributed by atoms with Crippen LogP contribution in [-0.4, -0.2) is 27.0 Å². The van der Waals surface area contributed by atoms with Gasteiger partial charge in [-0.1, -0.05) is 6.07 Å². The fraction of sp³-hybridized carbons (Fsp3) is 0.214. The molecule has 0 amide bonds. The van der Waals surface area contributed by atoms with E-state index in [-0.39, 0.29) is 16.4 Å². The van der Waals surface area contributed by atoms with Gasteiger partial charge < -0.3 is 5.32 Å². The third-order valence-electron chi connectivity index (χ3n) is 2.93. The summed E-state index contributed by atoms with van der Waals surface area (Å²) in [6.07, 6.45) is 1.51. The molecule has 0 radical (unpaired) electrons. The van der Waals surface area contributed by atoms with Crippen LogP contribution >= 0.6 is 0 Å². The number of nitrogens with zero attached hydrogens (tertiary/aromatic N) is 2. The van der Waals surface area contributed by atoms with E-state index in [2.05, 4.69) is 10.3 Å². The molecule has 0 aliphatic heterocycles. The lowest BCUT2D eigenvalue weighted by Gasteiger charge is -2.21. The summed E-state index contributed by atoms with van der Waals surface area (Å²) < 4.78 is 39.6. The summed E-state index contributed by atoms with van der Waals surface area (Å²) in [7, 11) is -2.44. The van der Waals surface area contributed by atoms with Gasteiger partial charge in [0.05, 0.1) is 5.69 Å². The first-order chi connectivity index (χ1) is 9.96. The quantitative estimate of drug-likeness (QED) is 0.921. The minimum absolute atomic E-state index is 0.0543. The second kappa shape index (κ2) is 6.09. The Morgan fingerprint density at radius 2 is 2.05 bits per heavy atom. The topological polar surface area (TPSA) is 62.3 Å². The van der Waals surface area contributed by atoms with Gasteiger partial charge in [0.25, 0.3) is 10.0 Å². The number of halogens is 1. The average Bonchev–Trinajstić information content (AvgIpc) is 2.47. The Bertz CT molecular complexity index is 735. The van der Waals surface area contributed by atoms with Crippen molar-refractivity contribution in [1.82, 2.24) is 4.98 Å². The zero-order chi connectivity index (χ0) is 15.5. The summed E-state index contributed by atoms with van der Waals surface area (Å²) in [5.74, 6) is -0.212. The van der Waals surface area contributed by atoms with Gasteiger partial charge in [0.1, 0.15) is 16.5 Å². The summed E-state index contributed by atoms with van der Waals surface area (Å²) >= 11 is 0. The first kappa shape index (κ1) is 15.2. The second-order valence-electron chi connectivity index (χ2n) is 4.33. The van der Waals surface area contributed by atoms with Crippen molar-refractivity contribution >= 4 is 21.5 Å². The van der Waals surface area contributed by atoms with Gasteiger partial charge >= 0.3 is 0 Å². The maximum Gasteiger partial charge on any atom is 0.267 e. The van der Waals surface area contributed by atoms with Gasteiger partial charge in [-0.2, -0.15) is 0 Å². The minimum Gasteiger partial charge on any atom is -0.369 e. The van der Waals surface area contributed by atoms with Crippen molar-refractivity contribution in [3.8, 4) is 0 Å². The molecule has 0 aliphatic carbocycles. The number of nitrogens with one attached hydrogen (secondary N) is 1. The number of benzene rings is 1. The van der Waals surface area contributed by atoms with E-state index in [1.165, 1.54) is 43.6 Å². The molecule has 0 saturated heterocycles. The van der Waals surface area contributed by atoms with Crippen LogP contribution < -0.4 is 9.62 Å². The number of hydrogen-bond donors (Lipinski definition) is 1. The number of pyridine rings is 1. The van der Waals surface area contributed by atoms with Crippen molar-refractivity contribution in [3.63, 3.8) is 0 Å². The van der Waals surface area contributed by atoms with E-state index < -0.39 is 15.8 Å². The van der Waals surface area contributed by atoms with E-state index in [4.69, 9.17) is 0 Å². The molecule has 7 heteroatoms. The summed E-state index contributed by atoms with van der Waals surface area (Å²) in [6.45, 7) is 2.39. The standard InChI is InChI=1S/C14H16FN3O2S/c1-3-16-14-13(8-5-9-17-14)21(19,20)18(2)12-7-4-6-11(15)10-12/h4-10H,3H2,1-2H3,(H,16,17). The van der Waals surface area contributed by atoms with Crippen LogP contribution in [0, 0.1) is 5.82 Å². The molecular weight excluding hydrogens is 293 g/mol. The Morgan fingerprint density at radius 1 is 1.29 bits per heavy atom. The Morgan fingerprint density at radius 3 is 2.71 bits per heavy atom. The van der Waals surface area contributed by atoms with Crippen molar-refractivity contribution in [2.45, 2.75) is 11.8 Å². The number of sulfonamides is 1. The average molecular weight is 309 g/mol. The number of anilines is 2. The molecule has 0 saturated carbocycles. The van der Waals surface area contributed by atoms with Crippen LogP contribution in [0.2, 0.25) is 0 Å². The van der Waals surface area contributed by atoms with E-state index in [0.717, 1.165) is 4.31 Å². The predicted octanol–water partition coefficient (Wildman–Crippen LogP) is 2.48. The molecule has 21 heavy (non-hydrogen) atoms. The molecule has 0 bridgehead atoms. The van der Waals surface area contributed by atoms with Crippen LogP contribution in [0.4, 0.5) is 15.9 Å². The summed E-state index contributed by atoms with van der Waals surface area (Å²) in [5.41, 5.74) is 0.251.